The van der Waals surface area contributed by atoms with Gasteiger partial charge in [-0.25, -0.2) is 8.42 Å². The fourth-order valence-corrected chi connectivity index (χ4v) is 3.35. The molecule has 1 heterocycles. The number of carbonyl (C=O) groups is 1. The molecule has 0 unspecified atom stereocenters. The summed E-state index contributed by atoms with van der Waals surface area (Å²) in [6.45, 7) is 2.27. The normalized spacial score (nSPS) is 17.5. The molecule has 0 radical (unpaired) electrons. The van der Waals surface area contributed by atoms with Crippen molar-refractivity contribution in [3.8, 4) is 0 Å². The van der Waals surface area contributed by atoms with E-state index in [-0.39, 0.29) is 10.8 Å². The molecule has 0 atom stereocenters. The maximum Gasteiger partial charge on any atom is 0.238 e. The maximum atomic E-state index is 12.1. The van der Waals surface area contributed by atoms with Gasteiger partial charge in [-0.1, -0.05) is 25.3 Å². The first kappa shape index (κ1) is 17.0. The van der Waals surface area contributed by atoms with Crippen molar-refractivity contribution in [3.63, 3.8) is 0 Å². The zero-order valence-electron chi connectivity index (χ0n) is 13.0. The van der Waals surface area contributed by atoms with Gasteiger partial charge in [0, 0.05) is 11.9 Å². The van der Waals surface area contributed by atoms with Crippen molar-refractivity contribution >= 4 is 21.4 Å². The molecule has 1 amide bonds. The van der Waals surface area contributed by atoms with Crippen LogP contribution in [0.3, 0.4) is 0 Å². The topological polar surface area (TPSA) is 66.5 Å². The minimum atomic E-state index is -3.26. The maximum absolute atomic E-state index is 12.1. The molecule has 6 heteroatoms. The van der Waals surface area contributed by atoms with E-state index in [0.29, 0.717) is 12.2 Å². The summed E-state index contributed by atoms with van der Waals surface area (Å²) in [5, 5.41) is 2.79. The van der Waals surface area contributed by atoms with Crippen LogP contribution in [-0.2, 0) is 14.6 Å². The molecule has 5 nitrogen and oxygen atoms in total. The predicted molar refractivity (Wildman–Crippen MR) is 87.7 cm³/mol. The Hall–Kier alpha value is -1.40. The molecular formula is C16H24N2O3S. The van der Waals surface area contributed by atoms with Gasteiger partial charge in [-0.3, -0.25) is 9.69 Å². The Morgan fingerprint density at radius 2 is 1.77 bits per heavy atom. The Morgan fingerprint density at radius 3 is 2.41 bits per heavy atom. The second-order valence-corrected chi connectivity index (χ2v) is 7.91. The van der Waals surface area contributed by atoms with E-state index in [4.69, 9.17) is 0 Å². The van der Waals surface area contributed by atoms with Crippen LogP contribution in [0.5, 0.6) is 0 Å². The lowest BCUT2D eigenvalue weighted by Crippen LogP contribution is -2.35. The van der Waals surface area contributed by atoms with Crippen LogP contribution in [0, 0.1) is 0 Å². The van der Waals surface area contributed by atoms with Crippen molar-refractivity contribution in [2.24, 2.45) is 0 Å². The first-order valence-electron chi connectivity index (χ1n) is 7.77. The number of nitrogens with zero attached hydrogens (tertiary/aromatic N) is 1. The largest absolute Gasteiger partial charge is 0.325 e. The number of likely N-dealkylation sites (tertiary alicyclic amines) is 1. The first-order chi connectivity index (χ1) is 10.4. The van der Waals surface area contributed by atoms with Crippen LogP contribution in [0.2, 0.25) is 0 Å². The number of benzene rings is 1. The van der Waals surface area contributed by atoms with Crippen molar-refractivity contribution in [1.82, 2.24) is 4.90 Å². The van der Waals surface area contributed by atoms with Gasteiger partial charge in [0.25, 0.3) is 0 Å². The van der Waals surface area contributed by atoms with E-state index in [1.165, 1.54) is 31.4 Å². The molecule has 1 N–H and O–H groups in total. The van der Waals surface area contributed by atoms with Crippen molar-refractivity contribution in [2.45, 2.75) is 37.0 Å². The minimum Gasteiger partial charge on any atom is -0.325 e. The van der Waals surface area contributed by atoms with E-state index in [1.807, 2.05) is 0 Å². The number of nitrogens with one attached hydrogen (secondary N) is 1. The summed E-state index contributed by atoms with van der Waals surface area (Å²) in [7, 11) is -3.26. The average molecular weight is 324 g/mol. The van der Waals surface area contributed by atoms with Gasteiger partial charge >= 0.3 is 0 Å². The molecule has 0 aliphatic carbocycles. The van der Waals surface area contributed by atoms with E-state index in [9.17, 15) is 13.2 Å². The second-order valence-electron chi connectivity index (χ2n) is 5.89. The van der Waals surface area contributed by atoms with Crippen LogP contribution >= 0.6 is 0 Å². The molecular weight excluding hydrogens is 300 g/mol. The summed E-state index contributed by atoms with van der Waals surface area (Å²) in [6.07, 6.45) is 7.18. The zero-order chi connectivity index (χ0) is 16.0. The smallest absolute Gasteiger partial charge is 0.238 e. The molecule has 1 aliphatic rings. The van der Waals surface area contributed by atoms with Crippen LogP contribution in [0.4, 0.5) is 5.69 Å². The quantitative estimate of drug-likeness (QED) is 0.923. The van der Waals surface area contributed by atoms with Crippen LogP contribution < -0.4 is 5.32 Å². The first-order valence-corrected chi connectivity index (χ1v) is 9.66. The third-order valence-electron chi connectivity index (χ3n) is 3.86. The Morgan fingerprint density at radius 1 is 1.14 bits per heavy atom. The number of anilines is 1. The van der Waals surface area contributed by atoms with Gasteiger partial charge in [-0.2, -0.15) is 0 Å². The lowest BCUT2D eigenvalue weighted by molar-refractivity contribution is -0.117. The number of sulfone groups is 1. The Bertz CT molecular complexity index is 606. The van der Waals surface area contributed by atoms with Crippen molar-refractivity contribution in [1.29, 1.82) is 0 Å². The summed E-state index contributed by atoms with van der Waals surface area (Å²) in [5.74, 6) is -0.0915. The van der Waals surface area contributed by atoms with Crippen molar-refractivity contribution < 1.29 is 13.2 Å². The number of carbonyl (C=O) groups excluding carboxylic acids is 1. The Labute approximate surface area is 132 Å². The van der Waals surface area contributed by atoms with Gasteiger partial charge in [-0.05, 0) is 44.1 Å². The van der Waals surface area contributed by atoms with Gasteiger partial charge in [0.2, 0.25) is 5.91 Å². The summed E-state index contributed by atoms with van der Waals surface area (Å²) in [6, 6.07) is 6.38. The predicted octanol–water partition coefficient (Wildman–Crippen LogP) is 2.29. The van der Waals surface area contributed by atoms with E-state index in [0.717, 1.165) is 32.2 Å². The standard InChI is InChI=1S/C16H24N2O3S/c1-22(20,21)15-9-7-8-14(12-15)17-16(19)13-18-10-5-3-2-4-6-11-18/h7-9,12H,2-6,10-11,13H2,1H3,(H,17,19). The van der Waals surface area contributed by atoms with E-state index >= 15 is 0 Å². The van der Waals surface area contributed by atoms with Gasteiger partial charge in [0.1, 0.15) is 0 Å². The Kier molecular flexibility index (Phi) is 5.97. The molecule has 1 aromatic rings. The highest BCUT2D eigenvalue weighted by Gasteiger charge is 2.13. The summed E-state index contributed by atoms with van der Waals surface area (Å²) >= 11 is 0. The lowest BCUT2D eigenvalue weighted by Gasteiger charge is -2.23. The zero-order valence-corrected chi connectivity index (χ0v) is 13.9. The van der Waals surface area contributed by atoms with E-state index in [2.05, 4.69) is 10.2 Å². The van der Waals surface area contributed by atoms with Gasteiger partial charge in [0.05, 0.1) is 11.4 Å². The SMILES string of the molecule is CS(=O)(=O)c1cccc(NC(=O)CN2CCCCCCC2)c1. The fourth-order valence-electron chi connectivity index (χ4n) is 2.68. The molecule has 1 aromatic carbocycles. The van der Waals surface area contributed by atoms with E-state index < -0.39 is 9.84 Å². The van der Waals surface area contributed by atoms with Crippen LogP contribution in [0.15, 0.2) is 29.2 Å². The molecule has 22 heavy (non-hydrogen) atoms. The van der Waals surface area contributed by atoms with Crippen molar-refractivity contribution in [3.05, 3.63) is 24.3 Å². The third kappa shape index (κ3) is 5.42. The number of hydrogen-bond donors (Lipinski definition) is 1. The van der Waals surface area contributed by atoms with Crippen LogP contribution in [0.1, 0.15) is 32.1 Å². The summed E-state index contributed by atoms with van der Waals surface area (Å²) < 4.78 is 23.1. The molecule has 0 spiro atoms. The molecule has 2 rings (SSSR count). The molecule has 0 aromatic heterocycles. The molecule has 0 bridgehead atoms. The van der Waals surface area contributed by atoms with E-state index in [1.54, 1.807) is 12.1 Å². The Balaban J connectivity index is 1.94. The lowest BCUT2D eigenvalue weighted by atomic mass is 10.1. The highest BCUT2D eigenvalue weighted by atomic mass is 32.2. The molecule has 1 aliphatic heterocycles. The summed E-state index contributed by atoms with van der Waals surface area (Å²) in [4.78, 5) is 14.5. The monoisotopic (exact) mass is 324 g/mol. The summed E-state index contributed by atoms with van der Waals surface area (Å²) in [5.41, 5.74) is 0.528. The minimum absolute atomic E-state index is 0.0915. The van der Waals surface area contributed by atoms with Gasteiger partial charge in [-0.15, -0.1) is 0 Å². The third-order valence-corrected chi connectivity index (χ3v) is 4.97. The van der Waals surface area contributed by atoms with Crippen LogP contribution in [-0.4, -0.2) is 45.1 Å². The van der Waals surface area contributed by atoms with Crippen molar-refractivity contribution in [2.75, 3.05) is 31.2 Å². The highest BCUT2D eigenvalue weighted by Crippen LogP contribution is 2.15. The van der Waals surface area contributed by atoms with Gasteiger partial charge in [0.15, 0.2) is 9.84 Å². The molecule has 1 fully saturated rings. The number of amides is 1. The fraction of sp³-hybridized carbons (Fsp3) is 0.562. The average Bonchev–Trinajstić information content (AvgIpc) is 2.41. The molecule has 122 valence electrons. The highest BCUT2D eigenvalue weighted by molar-refractivity contribution is 7.90. The molecule has 0 saturated carbocycles. The second kappa shape index (κ2) is 7.74. The van der Waals surface area contributed by atoms with Crippen LogP contribution in [0.25, 0.3) is 0 Å². The molecule has 1 saturated heterocycles. The van der Waals surface area contributed by atoms with Gasteiger partial charge < -0.3 is 5.32 Å². The number of rotatable bonds is 4. The number of hydrogen-bond acceptors (Lipinski definition) is 4.